The molecule has 28 heteroatoms. The third kappa shape index (κ3) is 31.6. The first-order valence-electron chi connectivity index (χ1n) is 39.0. The summed E-state index contributed by atoms with van der Waals surface area (Å²) in [4.78, 5) is 160. The van der Waals surface area contributed by atoms with Gasteiger partial charge in [-0.05, 0) is 127 Å². The van der Waals surface area contributed by atoms with Crippen LogP contribution in [-0.2, 0) is 80.2 Å². The van der Waals surface area contributed by atoms with Gasteiger partial charge in [0.2, 0.25) is 29.5 Å². The number of hydrogen-bond donors (Lipinski definition) is 7. The van der Waals surface area contributed by atoms with Gasteiger partial charge in [-0.3, -0.25) is 43.2 Å². The smallest absolute Gasteiger partial charge is 0.408 e. The van der Waals surface area contributed by atoms with E-state index in [0.717, 1.165) is 23.2 Å². The number of hydrogen-bond acceptors (Lipinski definition) is 19. The first kappa shape index (κ1) is 94.8. The molecule has 26 nitrogen and oxygen atoms in total. The number of urea groups is 1. The number of benzene rings is 2. The number of carbonyl (C=O) groups is 11. The Hall–Kier alpha value is -7.53. The molecule has 12 atom stereocenters. The maximum atomic E-state index is 14.9. The molecule has 1 aliphatic heterocycles. The molecule has 1 fully saturated rings. The van der Waals surface area contributed by atoms with Crippen LogP contribution in [0.4, 0.5) is 15.3 Å². The number of alkyl carbamates (subject to hydrolysis) is 1. The molecule has 0 spiro atoms. The first-order valence-corrected chi connectivity index (χ1v) is 41.9. The Balaban J connectivity index is 1.36. The van der Waals surface area contributed by atoms with E-state index in [1.165, 1.54) is 32.3 Å². The minimum absolute atomic E-state index is 0.000531. The van der Waals surface area contributed by atoms with Gasteiger partial charge in [-0.15, -0.1) is 11.3 Å². The van der Waals surface area contributed by atoms with E-state index in [1.807, 2.05) is 117 Å². The average Bonchev–Trinajstić information content (AvgIpc) is 1.49. The van der Waals surface area contributed by atoms with Crippen LogP contribution in [0.2, 0.25) is 0 Å². The van der Waals surface area contributed by atoms with E-state index < -0.39 is 122 Å². The highest BCUT2D eigenvalue weighted by Gasteiger charge is 2.45. The van der Waals surface area contributed by atoms with Gasteiger partial charge in [0.1, 0.15) is 22.2 Å². The van der Waals surface area contributed by atoms with Crippen molar-refractivity contribution >= 4 is 91.7 Å². The van der Waals surface area contributed by atoms with Crippen LogP contribution in [0.5, 0.6) is 0 Å². The molecule has 1 saturated heterocycles. The van der Waals surface area contributed by atoms with Crippen LogP contribution < -0.4 is 37.6 Å². The second-order valence-electron chi connectivity index (χ2n) is 33.3. The van der Waals surface area contributed by atoms with Crippen molar-refractivity contribution < 1.29 is 75.4 Å². The summed E-state index contributed by atoms with van der Waals surface area (Å²) in [5.74, 6) is -7.78. The first-order chi connectivity index (χ1) is 51.4. The molecule has 8 amide bonds. The molecular formula is C82H130N10O16S2. The molecule has 3 aromatic rings. The molecule has 4 rings (SSSR count). The van der Waals surface area contributed by atoms with Crippen LogP contribution in [0.15, 0.2) is 66.2 Å². The number of anilines is 1. The highest BCUT2D eigenvalue weighted by molar-refractivity contribution is 7.90. The molecule has 1 aliphatic rings. The summed E-state index contributed by atoms with van der Waals surface area (Å²) in [5, 5.41) is 19.8. The molecule has 0 saturated carbocycles. The number of unbranched alkanes of at least 4 members (excludes halogenated alkanes) is 1. The van der Waals surface area contributed by atoms with Crippen LogP contribution in [-0.4, -0.2) is 188 Å². The molecule has 2 aromatic carbocycles. The SMILES string of the molecule is CC[C@H](C)[C@@H]([C@@H](CC(=O)N1CCC[C@H]1[C@H](OC)[C@@H](C)C(=O)C[C@@H](Cc1ccccc1)c1nccs1)OC)N(C)C(=O)[C@@H](CC(=O)C(C)(C)NC(=O)OCc1ccc(NC(=O)[C@H](CCCNC(N)=O)CC(=O)[C@@H](NC(=O)[C@H](CCCCNC(=O)CC[C@@H](NC(C)(C)C)C(=O)C(C)(C)C)CS(C)(=O)=O)C(C)C)cc1)C(C)C. The normalized spacial score (nSPS) is 16.6. The summed E-state index contributed by atoms with van der Waals surface area (Å²) in [7, 11) is 1.10. The number of likely N-dealkylation sites (tertiary alicyclic amines) is 1. The number of amides is 8. The largest absolute Gasteiger partial charge is 0.445 e. The standard InChI is InChI=1S/C82H130N10O16S2/c1-20-53(6)71(66(106-17)48-69(97)92-42-27-32-63(92)72(107-18)54(7)64(93)46-59(76-85-41-43-109-76)44-55-28-22-21-23-29-55)91(16)77(101)61(51(2)3)47-67(95)82(14,15)90-79(103)108-49-56-33-35-60(36-34-56)87-74(99)57(31-26-40-86-78(83)102)45-65(94)70(52(4)5)88-75(100)58(50-110(19,104)105)30-24-25-39-84-68(96)38-37-62(89-81(11,12)13)73(98)80(8,9)10/h21-23,28-29,33-36,41,43,51-54,57-59,61-63,66,70-72,89H,20,24-27,30-32,37-40,42,44-50H2,1-19H3,(H,84,96)(H,87,99)(H,88,100)(H,90,103)(H3,83,86,102)/t53-,54-,57+,58+,59+,61-,62+,63-,66+,70-,71-,72+/m0/s1. The lowest BCUT2D eigenvalue weighted by molar-refractivity contribution is -0.149. The van der Waals surface area contributed by atoms with E-state index in [4.69, 9.17) is 19.9 Å². The number of nitrogens with zero attached hydrogens (tertiary/aromatic N) is 3. The van der Waals surface area contributed by atoms with Gasteiger partial charge in [-0.2, -0.15) is 0 Å². The van der Waals surface area contributed by atoms with Gasteiger partial charge in [-0.25, -0.2) is 23.0 Å². The highest BCUT2D eigenvalue weighted by Crippen LogP contribution is 2.35. The van der Waals surface area contributed by atoms with Crippen LogP contribution in [0.25, 0.3) is 0 Å². The summed E-state index contributed by atoms with van der Waals surface area (Å²) < 4.78 is 43.2. The molecular weight excluding hydrogens is 1450 g/mol. The van der Waals surface area contributed by atoms with Crippen molar-refractivity contribution in [2.45, 2.75) is 260 Å². The van der Waals surface area contributed by atoms with E-state index in [9.17, 15) is 61.2 Å². The second-order valence-corrected chi connectivity index (χ2v) is 36.4. The number of thiazole rings is 1. The van der Waals surface area contributed by atoms with Crippen LogP contribution >= 0.6 is 11.3 Å². The Morgan fingerprint density at radius 3 is 1.95 bits per heavy atom. The maximum absolute atomic E-state index is 14.9. The monoisotopic (exact) mass is 1570 g/mol. The molecule has 110 heavy (non-hydrogen) atoms. The van der Waals surface area contributed by atoms with E-state index in [2.05, 4.69) is 36.9 Å². The summed E-state index contributed by atoms with van der Waals surface area (Å²) in [6.07, 6.45) is 4.53. The summed E-state index contributed by atoms with van der Waals surface area (Å²) in [6.45, 7) is 28.0. The topological polar surface area (TPSA) is 367 Å². The lowest BCUT2D eigenvalue weighted by Crippen LogP contribution is -2.55. The minimum Gasteiger partial charge on any atom is -0.445 e. The zero-order chi connectivity index (χ0) is 82.6. The number of likely N-dealkylation sites (N-methyl/N-ethyl adjacent to an activating group) is 1. The molecule has 0 bridgehead atoms. The minimum atomic E-state index is -3.68. The number of rotatable bonds is 48. The van der Waals surface area contributed by atoms with E-state index in [1.54, 1.807) is 63.4 Å². The van der Waals surface area contributed by atoms with Gasteiger partial charge in [0.05, 0.1) is 65.0 Å². The number of ether oxygens (including phenoxy) is 3. The Kier molecular flexibility index (Phi) is 38.5. The number of ketones is 4. The molecule has 0 unspecified atom stereocenters. The summed E-state index contributed by atoms with van der Waals surface area (Å²) >= 11 is 1.53. The predicted octanol–water partition coefficient (Wildman–Crippen LogP) is 10.5. The Labute approximate surface area is 658 Å². The molecule has 0 aliphatic carbocycles. The molecule has 8 N–H and O–H groups in total. The van der Waals surface area contributed by atoms with Gasteiger partial charge >= 0.3 is 12.1 Å². The molecule has 1 aromatic heterocycles. The lowest BCUT2D eigenvalue weighted by atomic mass is 9.83. The van der Waals surface area contributed by atoms with Gasteiger partial charge in [0.15, 0.2) is 17.3 Å². The number of aromatic nitrogens is 1. The van der Waals surface area contributed by atoms with Crippen molar-refractivity contribution in [3.8, 4) is 0 Å². The number of primary amides is 1. The zero-order valence-electron chi connectivity index (χ0n) is 68.8. The number of nitrogens with one attached hydrogen (secondary N) is 6. The quantitative estimate of drug-likeness (QED) is 0.0258. The van der Waals surface area contributed by atoms with Crippen LogP contribution in [0, 0.1) is 46.8 Å². The van der Waals surface area contributed by atoms with Gasteiger partial charge < -0.3 is 61.6 Å². The third-order valence-electron chi connectivity index (χ3n) is 20.8. The van der Waals surface area contributed by atoms with Crippen molar-refractivity contribution in [1.29, 1.82) is 0 Å². The maximum Gasteiger partial charge on any atom is 0.408 e. The van der Waals surface area contributed by atoms with Crippen molar-refractivity contribution in [2.24, 2.45) is 52.6 Å². The van der Waals surface area contributed by atoms with Gasteiger partial charge in [0, 0.05) is 125 Å². The number of sulfone groups is 1. The fourth-order valence-electron chi connectivity index (χ4n) is 14.3. The van der Waals surface area contributed by atoms with E-state index in [-0.39, 0.29) is 130 Å². The van der Waals surface area contributed by atoms with Gasteiger partial charge in [0.25, 0.3) is 0 Å². The molecule has 0 radical (unpaired) electrons. The van der Waals surface area contributed by atoms with Crippen molar-refractivity contribution in [3.63, 3.8) is 0 Å². The average molecular weight is 1580 g/mol. The fraction of sp³-hybridized carbons (Fsp3) is 0.683. The Bertz CT molecular complexity index is 3600. The van der Waals surface area contributed by atoms with Gasteiger partial charge in [-0.1, -0.05) is 125 Å². The fourth-order valence-corrected chi connectivity index (χ4v) is 16.1. The number of methoxy groups -OCH3 is 2. The number of carbonyl (C=O) groups excluding carboxylic acids is 11. The predicted molar refractivity (Wildman–Crippen MR) is 428 cm³/mol. The van der Waals surface area contributed by atoms with Crippen molar-refractivity contribution in [3.05, 3.63) is 82.3 Å². The molecule has 616 valence electrons. The van der Waals surface area contributed by atoms with Crippen LogP contribution in [0.1, 0.15) is 216 Å². The summed E-state index contributed by atoms with van der Waals surface area (Å²) in [5.41, 5.74) is 4.78. The van der Waals surface area contributed by atoms with Crippen molar-refractivity contribution in [2.75, 3.05) is 58.2 Å². The van der Waals surface area contributed by atoms with E-state index in [0.29, 0.717) is 56.3 Å². The number of Topliss-reactive ketones (excluding diaryl/α,β-unsaturated/α-hetero) is 4. The second kappa shape index (κ2) is 44.6. The lowest BCUT2D eigenvalue weighted by Gasteiger charge is -2.41. The van der Waals surface area contributed by atoms with Crippen molar-refractivity contribution in [1.82, 2.24) is 41.4 Å². The third-order valence-corrected chi connectivity index (χ3v) is 22.8. The molecule has 2 heterocycles. The van der Waals surface area contributed by atoms with Crippen LogP contribution in [0.3, 0.4) is 0 Å². The highest BCUT2D eigenvalue weighted by atomic mass is 32.2. The summed E-state index contributed by atoms with van der Waals surface area (Å²) in [6, 6.07) is 13.0. The number of nitrogens with two attached hydrogens (primary N) is 1. The Morgan fingerprint density at radius 2 is 1.39 bits per heavy atom. The van der Waals surface area contributed by atoms with E-state index >= 15 is 0 Å². The zero-order valence-corrected chi connectivity index (χ0v) is 70.5. The Morgan fingerprint density at radius 1 is 0.745 bits per heavy atom.